The zero-order valence-electron chi connectivity index (χ0n) is 11.4. The molecule has 0 saturated heterocycles. The first kappa shape index (κ1) is 15.5. The van der Waals surface area contributed by atoms with Crippen molar-refractivity contribution in [3.05, 3.63) is 28.0 Å². The summed E-state index contributed by atoms with van der Waals surface area (Å²) in [4.78, 5) is 36.1. The van der Waals surface area contributed by atoms with Crippen LogP contribution < -0.4 is 5.73 Å². The Morgan fingerprint density at radius 1 is 1.43 bits per heavy atom. The smallest absolute Gasteiger partial charge is 0.361 e. The van der Waals surface area contributed by atoms with Crippen LogP contribution >= 0.6 is 11.8 Å². The number of hydrogen-bond donors (Lipinski definition) is 1. The second-order valence-corrected chi connectivity index (χ2v) is 5.41. The van der Waals surface area contributed by atoms with Crippen molar-refractivity contribution in [2.45, 2.75) is 12.8 Å². The molecule has 112 valence electrons. The molecule has 1 aliphatic carbocycles. The molecule has 1 aliphatic rings. The summed E-state index contributed by atoms with van der Waals surface area (Å²) in [5.41, 5.74) is 5.02. The number of Topliss-reactive ketones (excluding diaryl/α,β-unsaturated/α-hetero) is 1. The monoisotopic (exact) mass is 310 g/mol. The molecule has 0 atom stereocenters. The van der Waals surface area contributed by atoms with Crippen molar-refractivity contribution in [3.8, 4) is 0 Å². The van der Waals surface area contributed by atoms with Crippen molar-refractivity contribution in [2.24, 2.45) is 5.73 Å². The second kappa shape index (κ2) is 6.68. The Kier molecular flexibility index (Phi) is 4.92. The van der Waals surface area contributed by atoms with E-state index in [0.717, 1.165) is 20.0 Å². The predicted molar refractivity (Wildman–Crippen MR) is 75.3 cm³/mol. The van der Waals surface area contributed by atoms with Gasteiger partial charge in [0, 0.05) is 6.08 Å². The highest BCUT2D eigenvalue weighted by Crippen LogP contribution is 2.31. The highest BCUT2D eigenvalue weighted by Gasteiger charge is 2.36. The number of fused-ring (bicyclic) bond motifs is 1. The molecule has 0 unspecified atom stereocenters. The molecule has 0 amide bonds. The maximum absolute atomic E-state index is 12.4. The van der Waals surface area contributed by atoms with Crippen LogP contribution in [0.3, 0.4) is 0 Å². The molecule has 0 spiro atoms. The number of ether oxygens (including phenoxy) is 1. The summed E-state index contributed by atoms with van der Waals surface area (Å²) in [6, 6.07) is 0. The van der Waals surface area contributed by atoms with Gasteiger partial charge in [-0.25, -0.2) is 4.79 Å². The summed E-state index contributed by atoms with van der Waals surface area (Å²) in [7, 11) is 1.16. The molecule has 8 heteroatoms. The number of thioether (sulfide) groups is 1. The topological polar surface area (TPSA) is 112 Å². The molecule has 1 aromatic rings. The van der Waals surface area contributed by atoms with Gasteiger partial charge in [0.15, 0.2) is 0 Å². The number of nitrogens with zero attached hydrogens (tertiary/aromatic N) is 1. The maximum atomic E-state index is 12.4. The van der Waals surface area contributed by atoms with E-state index in [4.69, 9.17) is 10.3 Å². The average Bonchev–Trinajstić information content (AvgIpc) is 2.93. The first-order valence-electron chi connectivity index (χ1n) is 6.31. The van der Waals surface area contributed by atoms with Gasteiger partial charge in [0.2, 0.25) is 23.0 Å². The van der Waals surface area contributed by atoms with Gasteiger partial charge in [0.1, 0.15) is 5.56 Å². The molecule has 0 radical (unpaired) electrons. The molecule has 0 fully saturated rings. The van der Waals surface area contributed by atoms with Crippen LogP contribution in [-0.2, 0) is 4.74 Å². The second-order valence-electron chi connectivity index (χ2n) is 4.27. The molecule has 2 N–H and O–H groups in total. The van der Waals surface area contributed by atoms with Gasteiger partial charge in [-0.1, -0.05) is 5.16 Å². The van der Waals surface area contributed by atoms with Gasteiger partial charge in [-0.3, -0.25) is 9.59 Å². The Hall–Kier alpha value is -1.93. The van der Waals surface area contributed by atoms with Gasteiger partial charge >= 0.3 is 5.97 Å². The zero-order valence-corrected chi connectivity index (χ0v) is 12.2. The molecule has 2 rings (SSSR count). The van der Waals surface area contributed by atoms with Crippen LogP contribution in [0.25, 0.3) is 0 Å². The number of rotatable bonds is 6. The fourth-order valence-corrected chi connectivity index (χ4v) is 2.81. The lowest BCUT2D eigenvalue weighted by Crippen LogP contribution is -2.17. The molecular weight excluding hydrogens is 296 g/mol. The third-order valence-electron chi connectivity index (χ3n) is 2.86. The number of aromatic nitrogens is 1. The van der Waals surface area contributed by atoms with Crippen LogP contribution in [-0.4, -0.2) is 42.1 Å². The number of nitrogens with two attached hydrogens (primary N) is 1. The van der Waals surface area contributed by atoms with Crippen molar-refractivity contribution in [2.75, 3.05) is 19.4 Å². The normalized spacial score (nSPS) is 13.9. The molecule has 21 heavy (non-hydrogen) atoms. The standard InChI is InChI=1S/C13H14N2O5S/c1-19-13(18)10-9-11(17)8(21-5-3-2-4-14)6-7(16)12(9)20-15-10/h6H,2-5,14H2,1H3. The van der Waals surface area contributed by atoms with E-state index in [1.165, 1.54) is 17.8 Å². The van der Waals surface area contributed by atoms with Gasteiger partial charge in [0.05, 0.1) is 12.0 Å². The first-order valence-corrected chi connectivity index (χ1v) is 7.30. The summed E-state index contributed by atoms with van der Waals surface area (Å²) in [5.74, 6) is -1.28. The molecule has 7 nitrogen and oxygen atoms in total. The fourth-order valence-electron chi connectivity index (χ4n) is 1.81. The lowest BCUT2D eigenvalue weighted by molar-refractivity contribution is 0.0586. The summed E-state index contributed by atoms with van der Waals surface area (Å²) in [6.07, 6.45) is 2.89. The molecule has 0 aliphatic heterocycles. The highest BCUT2D eigenvalue weighted by atomic mass is 32.2. The van der Waals surface area contributed by atoms with Crippen LogP contribution in [0.4, 0.5) is 0 Å². The number of methoxy groups -OCH3 is 1. The third kappa shape index (κ3) is 3.06. The molecule has 1 aromatic heterocycles. The molecule has 0 bridgehead atoms. The number of carbonyl (C=O) groups is 3. The highest BCUT2D eigenvalue weighted by molar-refractivity contribution is 8.04. The number of esters is 1. The van der Waals surface area contributed by atoms with Crippen molar-refractivity contribution in [3.63, 3.8) is 0 Å². The first-order chi connectivity index (χ1) is 10.1. The Bertz CT molecular complexity index is 620. The minimum absolute atomic E-state index is 0.115. The van der Waals surface area contributed by atoms with Gasteiger partial charge < -0.3 is 15.0 Å². The van der Waals surface area contributed by atoms with Crippen molar-refractivity contribution in [1.82, 2.24) is 5.16 Å². The average molecular weight is 310 g/mol. The van der Waals surface area contributed by atoms with Crippen molar-refractivity contribution >= 4 is 29.3 Å². The fraction of sp³-hybridized carbons (Fsp3) is 0.385. The van der Waals surface area contributed by atoms with Gasteiger partial charge in [0.25, 0.3) is 0 Å². The summed E-state index contributed by atoms with van der Waals surface area (Å²) in [6.45, 7) is 0.578. The Balaban J connectivity index is 2.23. The minimum atomic E-state index is -0.810. The van der Waals surface area contributed by atoms with Gasteiger partial charge in [-0.05, 0) is 25.1 Å². The van der Waals surface area contributed by atoms with Crippen LogP contribution in [0.15, 0.2) is 15.5 Å². The summed E-state index contributed by atoms with van der Waals surface area (Å²) < 4.78 is 9.32. The molecular formula is C13H14N2O5S. The largest absolute Gasteiger partial charge is 0.464 e. The van der Waals surface area contributed by atoms with E-state index in [-0.39, 0.29) is 21.9 Å². The van der Waals surface area contributed by atoms with E-state index in [1.807, 2.05) is 0 Å². The lowest BCUT2D eigenvalue weighted by Gasteiger charge is -2.10. The quantitative estimate of drug-likeness (QED) is 0.616. The molecule has 0 aromatic carbocycles. The van der Waals surface area contributed by atoms with E-state index in [1.54, 1.807) is 0 Å². The zero-order chi connectivity index (χ0) is 15.4. The predicted octanol–water partition coefficient (Wildman–Crippen LogP) is 1.20. The van der Waals surface area contributed by atoms with Crippen LogP contribution in [0.2, 0.25) is 0 Å². The summed E-state index contributed by atoms with van der Waals surface area (Å²) in [5, 5.41) is 3.46. The van der Waals surface area contributed by atoms with E-state index in [0.29, 0.717) is 12.3 Å². The van der Waals surface area contributed by atoms with E-state index in [9.17, 15) is 14.4 Å². The van der Waals surface area contributed by atoms with Gasteiger partial charge in [-0.2, -0.15) is 0 Å². The Morgan fingerprint density at radius 3 is 2.86 bits per heavy atom. The minimum Gasteiger partial charge on any atom is -0.464 e. The van der Waals surface area contributed by atoms with E-state index < -0.39 is 17.5 Å². The van der Waals surface area contributed by atoms with Crippen molar-refractivity contribution < 1.29 is 23.6 Å². The number of allylic oxidation sites excluding steroid dienone is 2. The van der Waals surface area contributed by atoms with Crippen LogP contribution in [0, 0.1) is 0 Å². The number of hydrogen-bond acceptors (Lipinski definition) is 8. The van der Waals surface area contributed by atoms with Gasteiger partial charge in [-0.15, -0.1) is 11.8 Å². The van der Waals surface area contributed by atoms with Crippen molar-refractivity contribution in [1.29, 1.82) is 0 Å². The lowest BCUT2D eigenvalue weighted by atomic mass is 10.00. The maximum Gasteiger partial charge on any atom is 0.361 e. The summed E-state index contributed by atoms with van der Waals surface area (Å²) >= 11 is 1.26. The van der Waals surface area contributed by atoms with E-state index >= 15 is 0 Å². The molecule has 0 saturated carbocycles. The molecule has 1 heterocycles. The number of ketones is 2. The Labute approximate surface area is 124 Å². The third-order valence-corrected chi connectivity index (χ3v) is 3.97. The Morgan fingerprint density at radius 2 is 2.19 bits per heavy atom. The van der Waals surface area contributed by atoms with Crippen LogP contribution in [0.5, 0.6) is 0 Å². The number of carbonyl (C=O) groups excluding carboxylic acids is 3. The SMILES string of the molecule is COC(=O)c1noc2c1C(=O)C(SCCCCN)=CC2=O. The number of unbranched alkanes of at least 4 members (excludes halogenated alkanes) is 1. The van der Waals surface area contributed by atoms with E-state index in [2.05, 4.69) is 9.89 Å². The van der Waals surface area contributed by atoms with Crippen LogP contribution in [0.1, 0.15) is 44.2 Å².